The highest BCUT2D eigenvalue weighted by Crippen LogP contribution is 2.33. The summed E-state index contributed by atoms with van der Waals surface area (Å²) in [4.78, 5) is 12.2. The van der Waals surface area contributed by atoms with Crippen LogP contribution in [0.1, 0.15) is 47.7 Å². The van der Waals surface area contributed by atoms with Crippen LogP contribution >= 0.6 is 11.6 Å². The summed E-state index contributed by atoms with van der Waals surface area (Å²) in [5.74, 6) is 0.590. The molecule has 1 saturated carbocycles. The SMILES string of the molecule is O=C(Nc1cc(C2CCCC2)[nH]n1)c1cc(O)ccc1Cl. The number of aromatic amines is 1. The Balaban J connectivity index is 1.74. The van der Waals surface area contributed by atoms with Crippen LogP contribution in [0.2, 0.25) is 5.02 Å². The van der Waals surface area contributed by atoms with Gasteiger partial charge in [0.2, 0.25) is 0 Å². The molecule has 21 heavy (non-hydrogen) atoms. The van der Waals surface area contributed by atoms with E-state index in [1.54, 1.807) is 0 Å². The number of hydrogen-bond donors (Lipinski definition) is 3. The smallest absolute Gasteiger partial charge is 0.258 e. The van der Waals surface area contributed by atoms with Crippen LogP contribution < -0.4 is 5.32 Å². The van der Waals surface area contributed by atoms with Crippen LogP contribution in [0.25, 0.3) is 0 Å². The third-order valence-corrected chi connectivity index (χ3v) is 4.16. The lowest BCUT2D eigenvalue weighted by Crippen LogP contribution is -2.12. The number of aromatic nitrogens is 2. The van der Waals surface area contributed by atoms with Gasteiger partial charge in [-0.1, -0.05) is 24.4 Å². The van der Waals surface area contributed by atoms with Crippen LogP contribution in [0.3, 0.4) is 0 Å². The summed E-state index contributed by atoms with van der Waals surface area (Å²) in [7, 11) is 0. The summed E-state index contributed by atoms with van der Waals surface area (Å²) in [5, 5.41) is 19.5. The largest absolute Gasteiger partial charge is 0.508 e. The highest BCUT2D eigenvalue weighted by molar-refractivity contribution is 6.34. The van der Waals surface area contributed by atoms with Crippen LogP contribution in [-0.2, 0) is 0 Å². The molecule has 3 rings (SSSR count). The number of benzene rings is 1. The zero-order valence-electron chi connectivity index (χ0n) is 11.4. The van der Waals surface area contributed by atoms with E-state index < -0.39 is 0 Å². The van der Waals surface area contributed by atoms with Gasteiger partial charge in [-0.15, -0.1) is 0 Å². The number of amides is 1. The molecule has 5 nitrogen and oxygen atoms in total. The number of carbonyl (C=O) groups excluding carboxylic acids is 1. The monoisotopic (exact) mass is 305 g/mol. The summed E-state index contributed by atoms with van der Waals surface area (Å²) in [6.07, 6.45) is 4.80. The molecule has 0 saturated heterocycles. The minimum atomic E-state index is -0.389. The van der Waals surface area contributed by atoms with Crippen LogP contribution in [0.5, 0.6) is 5.75 Å². The van der Waals surface area contributed by atoms with E-state index in [1.807, 2.05) is 6.07 Å². The molecule has 1 amide bonds. The maximum Gasteiger partial charge on any atom is 0.258 e. The fraction of sp³-hybridized carbons (Fsp3) is 0.333. The lowest BCUT2D eigenvalue weighted by Gasteiger charge is -2.05. The molecule has 1 aliphatic rings. The Morgan fingerprint density at radius 3 is 2.86 bits per heavy atom. The molecule has 2 aromatic rings. The number of halogens is 1. The average Bonchev–Trinajstić information content (AvgIpc) is 3.11. The summed E-state index contributed by atoms with van der Waals surface area (Å²) in [5.41, 5.74) is 1.28. The normalized spacial score (nSPS) is 15.3. The lowest BCUT2D eigenvalue weighted by molar-refractivity contribution is 0.102. The van der Waals surface area contributed by atoms with Gasteiger partial charge in [-0.05, 0) is 31.0 Å². The first-order valence-electron chi connectivity index (χ1n) is 6.98. The average molecular weight is 306 g/mol. The van der Waals surface area contributed by atoms with Crippen molar-refractivity contribution in [3.8, 4) is 5.75 Å². The van der Waals surface area contributed by atoms with Crippen LogP contribution in [0, 0.1) is 0 Å². The minimum Gasteiger partial charge on any atom is -0.508 e. The zero-order chi connectivity index (χ0) is 14.8. The third-order valence-electron chi connectivity index (χ3n) is 3.83. The Hall–Kier alpha value is -2.01. The van der Waals surface area contributed by atoms with E-state index in [2.05, 4.69) is 15.5 Å². The van der Waals surface area contributed by atoms with E-state index in [0.717, 1.165) is 18.5 Å². The zero-order valence-corrected chi connectivity index (χ0v) is 12.2. The summed E-state index contributed by atoms with van der Waals surface area (Å²) in [6.45, 7) is 0. The van der Waals surface area contributed by atoms with E-state index >= 15 is 0 Å². The highest BCUT2D eigenvalue weighted by atomic mass is 35.5. The van der Waals surface area contributed by atoms with E-state index in [4.69, 9.17) is 11.6 Å². The second-order valence-electron chi connectivity index (χ2n) is 5.31. The number of rotatable bonds is 3. The molecule has 110 valence electrons. The Kier molecular flexibility index (Phi) is 3.84. The van der Waals surface area contributed by atoms with Gasteiger partial charge in [0.15, 0.2) is 5.82 Å². The number of carbonyl (C=O) groups is 1. The van der Waals surface area contributed by atoms with Crippen molar-refractivity contribution in [3.05, 3.63) is 40.5 Å². The van der Waals surface area contributed by atoms with Crippen molar-refractivity contribution in [3.63, 3.8) is 0 Å². The van der Waals surface area contributed by atoms with Crippen molar-refractivity contribution < 1.29 is 9.90 Å². The molecule has 1 fully saturated rings. The Morgan fingerprint density at radius 2 is 2.10 bits per heavy atom. The predicted molar refractivity (Wildman–Crippen MR) is 80.9 cm³/mol. The topological polar surface area (TPSA) is 78.0 Å². The maximum absolute atomic E-state index is 12.2. The fourth-order valence-electron chi connectivity index (χ4n) is 2.72. The Bertz CT molecular complexity index is 663. The van der Waals surface area contributed by atoms with Gasteiger partial charge >= 0.3 is 0 Å². The van der Waals surface area contributed by atoms with Gasteiger partial charge in [0.05, 0.1) is 10.6 Å². The van der Waals surface area contributed by atoms with Crippen LogP contribution in [0.4, 0.5) is 5.82 Å². The maximum atomic E-state index is 12.2. The number of anilines is 1. The number of hydrogen-bond acceptors (Lipinski definition) is 3. The molecule has 0 aliphatic heterocycles. The number of phenolic OH excluding ortho intramolecular Hbond substituents is 1. The number of nitrogens with one attached hydrogen (secondary N) is 2. The number of nitrogens with zero attached hydrogens (tertiary/aromatic N) is 1. The first-order valence-corrected chi connectivity index (χ1v) is 7.36. The first-order chi connectivity index (χ1) is 10.1. The Labute approximate surface area is 127 Å². The molecular formula is C15H16ClN3O2. The van der Waals surface area contributed by atoms with Crippen molar-refractivity contribution in [1.82, 2.24) is 10.2 Å². The van der Waals surface area contributed by atoms with Crippen LogP contribution in [0.15, 0.2) is 24.3 Å². The molecule has 1 aliphatic carbocycles. The molecule has 6 heteroatoms. The van der Waals surface area contributed by atoms with Gasteiger partial charge in [0.25, 0.3) is 5.91 Å². The quantitative estimate of drug-likeness (QED) is 0.809. The molecule has 0 radical (unpaired) electrons. The van der Waals surface area contributed by atoms with Crippen molar-refractivity contribution in [1.29, 1.82) is 0 Å². The van der Waals surface area contributed by atoms with E-state index in [0.29, 0.717) is 11.7 Å². The van der Waals surface area contributed by atoms with Crippen molar-refractivity contribution in [2.24, 2.45) is 0 Å². The first kappa shape index (κ1) is 13.9. The van der Waals surface area contributed by atoms with E-state index in [9.17, 15) is 9.90 Å². The number of phenols is 1. The van der Waals surface area contributed by atoms with Gasteiger partial charge in [0, 0.05) is 17.7 Å². The van der Waals surface area contributed by atoms with Gasteiger partial charge in [0.1, 0.15) is 5.75 Å². The van der Waals surface area contributed by atoms with Crippen molar-refractivity contribution >= 4 is 23.3 Å². The summed E-state index contributed by atoms with van der Waals surface area (Å²) < 4.78 is 0. The molecule has 0 bridgehead atoms. The molecule has 0 spiro atoms. The standard InChI is InChI=1S/C15H16ClN3O2/c16-12-6-5-10(20)7-11(12)15(21)17-14-8-13(18-19-14)9-3-1-2-4-9/h5-9,20H,1-4H2,(H2,17,18,19,21). The molecule has 3 N–H and O–H groups in total. The molecule has 1 heterocycles. The fourth-order valence-corrected chi connectivity index (χ4v) is 2.92. The minimum absolute atomic E-state index is 0.00165. The third kappa shape index (κ3) is 3.03. The molecule has 1 aromatic carbocycles. The van der Waals surface area contributed by atoms with Gasteiger partial charge < -0.3 is 10.4 Å². The van der Waals surface area contributed by atoms with Gasteiger partial charge in [-0.25, -0.2) is 0 Å². The van der Waals surface area contributed by atoms with Gasteiger partial charge in [-0.3, -0.25) is 9.89 Å². The molecule has 0 atom stereocenters. The highest BCUT2D eigenvalue weighted by Gasteiger charge is 2.20. The molecule has 1 aromatic heterocycles. The lowest BCUT2D eigenvalue weighted by atomic mass is 10.0. The summed E-state index contributed by atoms with van der Waals surface area (Å²) >= 11 is 5.97. The Morgan fingerprint density at radius 1 is 1.33 bits per heavy atom. The van der Waals surface area contributed by atoms with E-state index in [-0.39, 0.29) is 22.2 Å². The second kappa shape index (κ2) is 5.77. The molecule has 0 unspecified atom stereocenters. The number of aromatic hydroxyl groups is 1. The van der Waals surface area contributed by atoms with Crippen molar-refractivity contribution in [2.45, 2.75) is 31.6 Å². The van der Waals surface area contributed by atoms with Crippen molar-refractivity contribution in [2.75, 3.05) is 5.32 Å². The predicted octanol–water partition coefficient (Wildman–Crippen LogP) is 3.68. The number of H-pyrrole nitrogens is 1. The molecular weight excluding hydrogens is 290 g/mol. The second-order valence-corrected chi connectivity index (χ2v) is 5.72. The van der Waals surface area contributed by atoms with Crippen LogP contribution in [-0.4, -0.2) is 21.2 Å². The van der Waals surface area contributed by atoms with Gasteiger partial charge in [-0.2, -0.15) is 5.10 Å². The summed E-state index contributed by atoms with van der Waals surface area (Å²) in [6, 6.07) is 6.12. The van der Waals surface area contributed by atoms with E-state index in [1.165, 1.54) is 31.0 Å².